The van der Waals surface area contributed by atoms with Gasteiger partial charge < -0.3 is 11.1 Å². The van der Waals surface area contributed by atoms with Gasteiger partial charge >= 0.3 is 0 Å². The van der Waals surface area contributed by atoms with Crippen LogP contribution in [-0.2, 0) is 6.54 Å². The Bertz CT molecular complexity index is 317. The Balaban J connectivity index is 2.53. The van der Waals surface area contributed by atoms with Crippen molar-refractivity contribution in [2.75, 3.05) is 6.54 Å². The summed E-state index contributed by atoms with van der Waals surface area (Å²) in [4.78, 5) is 0. The number of rotatable bonds is 5. The van der Waals surface area contributed by atoms with Crippen molar-refractivity contribution in [3.8, 4) is 0 Å². The van der Waals surface area contributed by atoms with Crippen LogP contribution in [0.4, 0.5) is 0 Å². The Morgan fingerprint density at radius 2 is 2.27 bits per heavy atom. The maximum atomic E-state index is 5.92. The van der Waals surface area contributed by atoms with Gasteiger partial charge in [-0.1, -0.05) is 27.5 Å². The maximum absolute atomic E-state index is 5.92. The van der Waals surface area contributed by atoms with Crippen LogP contribution in [0.3, 0.4) is 0 Å². The fourth-order valence-electron chi connectivity index (χ4n) is 1.32. The van der Waals surface area contributed by atoms with Crippen LogP contribution in [-0.4, -0.2) is 12.6 Å². The lowest BCUT2D eigenvalue weighted by molar-refractivity contribution is 0.519. The summed E-state index contributed by atoms with van der Waals surface area (Å²) in [6, 6.07) is 6.24. The van der Waals surface area contributed by atoms with Crippen LogP contribution < -0.4 is 11.1 Å². The zero-order valence-corrected chi connectivity index (χ0v) is 11.1. The van der Waals surface area contributed by atoms with Crippen molar-refractivity contribution in [2.45, 2.75) is 25.9 Å². The molecule has 1 unspecified atom stereocenters. The summed E-state index contributed by atoms with van der Waals surface area (Å²) < 4.78 is 1.08. The lowest BCUT2D eigenvalue weighted by Crippen LogP contribution is -2.27. The lowest BCUT2D eigenvalue weighted by atomic mass is 10.2. The minimum absolute atomic E-state index is 0.431. The molecule has 1 rings (SSSR count). The van der Waals surface area contributed by atoms with Crippen molar-refractivity contribution in [1.29, 1.82) is 0 Å². The average Bonchev–Trinajstić information content (AvgIpc) is 2.20. The van der Waals surface area contributed by atoms with Gasteiger partial charge in [0.1, 0.15) is 0 Å². The molecule has 0 fully saturated rings. The number of hydrogen-bond acceptors (Lipinski definition) is 2. The highest BCUT2D eigenvalue weighted by Gasteiger charge is 2.03. The first-order valence-electron chi connectivity index (χ1n) is 5.01. The molecule has 4 heteroatoms. The van der Waals surface area contributed by atoms with Gasteiger partial charge in [0, 0.05) is 22.1 Å². The van der Waals surface area contributed by atoms with Crippen LogP contribution in [0.5, 0.6) is 0 Å². The molecular formula is C11H16BrClN2. The summed E-state index contributed by atoms with van der Waals surface area (Å²) in [6.45, 7) is 3.65. The fraction of sp³-hybridized carbons (Fsp3) is 0.455. The van der Waals surface area contributed by atoms with Crippen LogP contribution in [0.2, 0.25) is 5.02 Å². The molecule has 0 spiro atoms. The Morgan fingerprint density at radius 1 is 1.53 bits per heavy atom. The molecule has 0 heterocycles. The van der Waals surface area contributed by atoms with Gasteiger partial charge in [0.05, 0.1) is 0 Å². The van der Waals surface area contributed by atoms with Crippen molar-refractivity contribution < 1.29 is 0 Å². The topological polar surface area (TPSA) is 38.0 Å². The molecule has 0 radical (unpaired) electrons. The number of halogens is 2. The van der Waals surface area contributed by atoms with E-state index in [4.69, 9.17) is 17.3 Å². The second-order valence-corrected chi connectivity index (χ2v) is 4.89. The second-order valence-electron chi connectivity index (χ2n) is 3.60. The van der Waals surface area contributed by atoms with E-state index in [1.807, 2.05) is 18.2 Å². The Hall–Kier alpha value is -0.0900. The van der Waals surface area contributed by atoms with E-state index in [1.165, 1.54) is 5.56 Å². The largest absolute Gasteiger partial charge is 0.330 e. The van der Waals surface area contributed by atoms with E-state index in [9.17, 15) is 0 Å². The Kier molecular flexibility index (Phi) is 5.61. The van der Waals surface area contributed by atoms with Crippen molar-refractivity contribution in [1.82, 2.24) is 5.32 Å². The van der Waals surface area contributed by atoms with Crippen LogP contribution in [0.15, 0.2) is 22.7 Å². The molecule has 84 valence electrons. The quantitative estimate of drug-likeness (QED) is 0.875. The third kappa shape index (κ3) is 4.51. The van der Waals surface area contributed by atoms with Crippen LogP contribution in [0.1, 0.15) is 18.9 Å². The number of nitrogens with two attached hydrogens (primary N) is 1. The van der Waals surface area contributed by atoms with Crippen molar-refractivity contribution in [3.05, 3.63) is 33.3 Å². The summed E-state index contributed by atoms with van der Waals surface area (Å²) in [5.41, 5.74) is 6.65. The first kappa shape index (κ1) is 13.0. The van der Waals surface area contributed by atoms with Crippen molar-refractivity contribution in [2.24, 2.45) is 5.73 Å². The number of nitrogens with one attached hydrogen (secondary N) is 1. The van der Waals surface area contributed by atoms with Crippen LogP contribution in [0, 0.1) is 0 Å². The highest BCUT2D eigenvalue weighted by Crippen LogP contribution is 2.21. The highest BCUT2D eigenvalue weighted by atomic mass is 79.9. The molecular weight excluding hydrogens is 275 g/mol. The minimum atomic E-state index is 0.431. The molecule has 1 aromatic rings. The summed E-state index contributed by atoms with van der Waals surface area (Å²) in [5.74, 6) is 0. The van der Waals surface area contributed by atoms with Gasteiger partial charge in [-0.15, -0.1) is 0 Å². The van der Waals surface area contributed by atoms with E-state index in [1.54, 1.807) is 0 Å². The zero-order valence-electron chi connectivity index (χ0n) is 8.76. The van der Waals surface area contributed by atoms with Gasteiger partial charge in [0.15, 0.2) is 0 Å². The third-order valence-corrected chi connectivity index (χ3v) is 3.26. The van der Waals surface area contributed by atoms with Gasteiger partial charge in [0.2, 0.25) is 0 Å². The zero-order chi connectivity index (χ0) is 11.3. The van der Waals surface area contributed by atoms with E-state index < -0.39 is 0 Å². The normalized spacial score (nSPS) is 12.8. The Morgan fingerprint density at radius 3 is 2.93 bits per heavy atom. The molecule has 0 amide bonds. The van der Waals surface area contributed by atoms with E-state index in [0.29, 0.717) is 12.6 Å². The summed E-state index contributed by atoms with van der Waals surface area (Å²) in [5, 5.41) is 4.16. The lowest BCUT2D eigenvalue weighted by Gasteiger charge is -2.13. The van der Waals surface area contributed by atoms with E-state index in [-0.39, 0.29) is 0 Å². The van der Waals surface area contributed by atoms with Crippen LogP contribution in [0.25, 0.3) is 0 Å². The third-order valence-electron chi connectivity index (χ3n) is 2.25. The molecule has 0 aliphatic heterocycles. The average molecular weight is 292 g/mol. The molecule has 2 nitrogen and oxygen atoms in total. The SMILES string of the molecule is CC(CCN)NCc1cc(Cl)ccc1Br. The van der Waals surface area contributed by atoms with Gasteiger partial charge in [0.25, 0.3) is 0 Å². The molecule has 0 saturated carbocycles. The number of benzene rings is 1. The van der Waals surface area contributed by atoms with E-state index in [0.717, 1.165) is 22.5 Å². The summed E-state index contributed by atoms with van der Waals surface area (Å²) in [6.07, 6.45) is 0.984. The molecule has 0 aliphatic carbocycles. The summed E-state index contributed by atoms with van der Waals surface area (Å²) in [7, 11) is 0. The smallest absolute Gasteiger partial charge is 0.0410 e. The minimum Gasteiger partial charge on any atom is -0.330 e. The van der Waals surface area contributed by atoms with Gasteiger partial charge in [-0.25, -0.2) is 0 Å². The van der Waals surface area contributed by atoms with Crippen molar-refractivity contribution >= 4 is 27.5 Å². The molecule has 1 aromatic carbocycles. The predicted octanol–water partition coefficient (Wildman–Crippen LogP) is 2.93. The molecule has 3 N–H and O–H groups in total. The molecule has 0 bridgehead atoms. The molecule has 0 aromatic heterocycles. The standard InChI is InChI=1S/C11H16BrClN2/c1-8(4-5-14)15-7-9-6-10(13)2-3-11(9)12/h2-3,6,8,15H,4-5,7,14H2,1H3. The maximum Gasteiger partial charge on any atom is 0.0410 e. The van der Waals surface area contributed by atoms with Gasteiger partial charge in [-0.2, -0.15) is 0 Å². The predicted molar refractivity (Wildman–Crippen MR) is 69.1 cm³/mol. The molecule has 0 saturated heterocycles. The monoisotopic (exact) mass is 290 g/mol. The second kappa shape index (κ2) is 6.48. The van der Waals surface area contributed by atoms with Crippen LogP contribution >= 0.6 is 27.5 Å². The van der Waals surface area contributed by atoms with E-state index >= 15 is 0 Å². The van der Waals surface area contributed by atoms with Gasteiger partial charge in [-0.05, 0) is 43.7 Å². The molecule has 15 heavy (non-hydrogen) atoms. The van der Waals surface area contributed by atoms with E-state index in [2.05, 4.69) is 28.2 Å². The fourth-order valence-corrected chi connectivity index (χ4v) is 1.90. The summed E-state index contributed by atoms with van der Waals surface area (Å²) >= 11 is 9.42. The van der Waals surface area contributed by atoms with Crippen molar-refractivity contribution in [3.63, 3.8) is 0 Å². The first-order valence-corrected chi connectivity index (χ1v) is 6.18. The highest BCUT2D eigenvalue weighted by molar-refractivity contribution is 9.10. The first-order chi connectivity index (χ1) is 7.13. The Labute approximate surface area is 104 Å². The van der Waals surface area contributed by atoms with Gasteiger partial charge in [-0.3, -0.25) is 0 Å². The molecule has 1 atom stereocenters. The number of hydrogen-bond donors (Lipinski definition) is 2. The molecule has 0 aliphatic rings.